The third-order valence-electron chi connectivity index (χ3n) is 3.60. The molecule has 0 unspecified atom stereocenters. The molecule has 2 aliphatic heterocycles. The van der Waals surface area contributed by atoms with Gasteiger partial charge in [-0.2, -0.15) is 0 Å². The van der Waals surface area contributed by atoms with Gasteiger partial charge in [0.2, 0.25) is 0 Å². The Morgan fingerprint density at radius 1 is 0.714 bits per heavy atom. The van der Waals surface area contributed by atoms with E-state index in [1.165, 1.54) is 0 Å². The number of hydrogen-bond donors (Lipinski definition) is 0. The molecule has 0 atom stereocenters. The lowest BCUT2D eigenvalue weighted by molar-refractivity contribution is 1.06. The molecular formula is C6H24N2Si6. The van der Waals surface area contributed by atoms with Crippen molar-refractivity contribution < 1.29 is 0 Å². The van der Waals surface area contributed by atoms with Crippen LogP contribution in [0.3, 0.4) is 0 Å². The van der Waals surface area contributed by atoms with Crippen molar-refractivity contribution in [3.05, 3.63) is 0 Å². The summed E-state index contributed by atoms with van der Waals surface area (Å²) in [5, 5.41) is 0. The van der Waals surface area contributed by atoms with E-state index in [0.717, 1.165) is 0 Å². The van der Waals surface area contributed by atoms with Crippen LogP contribution in [0, 0.1) is 0 Å². The summed E-state index contributed by atoms with van der Waals surface area (Å²) in [4.78, 5) is 0. The molecule has 0 aromatic carbocycles. The summed E-state index contributed by atoms with van der Waals surface area (Å²) < 4.78 is 6.18. The van der Waals surface area contributed by atoms with Crippen LogP contribution in [-0.4, -0.2) is 65.9 Å². The van der Waals surface area contributed by atoms with E-state index in [9.17, 15) is 0 Å². The standard InChI is InChI=1S/C6H24N2Si6/c1-2-10-7(9-1)13-5-6-14-8-11-3-4-12-8/h1-6,9-14H2. The van der Waals surface area contributed by atoms with Gasteiger partial charge in [-0.15, -0.1) is 0 Å². The molecule has 14 heavy (non-hydrogen) atoms. The van der Waals surface area contributed by atoms with E-state index < -0.39 is 0 Å². The zero-order valence-electron chi connectivity index (χ0n) is 9.38. The fraction of sp³-hybridized carbons (Fsp3) is 1.00. The van der Waals surface area contributed by atoms with Crippen molar-refractivity contribution in [2.75, 3.05) is 0 Å². The lowest BCUT2D eigenvalue weighted by atomic mass is 11.0. The van der Waals surface area contributed by atoms with Crippen molar-refractivity contribution in [3.63, 3.8) is 0 Å². The Bertz CT molecular complexity index is 140. The van der Waals surface area contributed by atoms with Crippen LogP contribution in [-0.2, 0) is 0 Å². The average molecular weight is 293 g/mol. The maximum atomic E-state index is 3.09. The normalized spacial score (nSPS) is 33.4. The topological polar surface area (TPSA) is 6.48 Å². The highest BCUT2D eigenvalue weighted by molar-refractivity contribution is 6.71. The monoisotopic (exact) mass is 292 g/mol. The number of rotatable bonds is 5. The summed E-state index contributed by atoms with van der Waals surface area (Å²) in [6.45, 7) is 0. The predicted molar refractivity (Wildman–Crippen MR) is 83.8 cm³/mol. The van der Waals surface area contributed by atoms with Gasteiger partial charge in [-0.1, -0.05) is 36.3 Å². The van der Waals surface area contributed by atoms with Gasteiger partial charge in [0.15, 0.2) is 0 Å². The van der Waals surface area contributed by atoms with Crippen molar-refractivity contribution in [1.82, 2.24) is 7.79 Å². The third kappa shape index (κ3) is 4.00. The van der Waals surface area contributed by atoms with Gasteiger partial charge in [0.05, 0.1) is 58.1 Å². The largest absolute Gasteiger partial charge is 0.383 e. The van der Waals surface area contributed by atoms with Crippen LogP contribution in [0.2, 0.25) is 36.3 Å². The quantitative estimate of drug-likeness (QED) is 0.386. The molecule has 0 radical (unpaired) electrons. The highest BCUT2D eigenvalue weighted by Crippen LogP contribution is 2.07. The summed E-state index contributed by atoms with van der Waals surface area (Å²) >= 11 is 0. The predicted octanol–water partition coefficient (Wildman–Crippen LogP) is -3.37. The molecule has 2 aliphatic rings. The van der Waals surface area contributed by atoms with Crippen molar-refractivity contribution in [2.24, 2.45) is 0 Å². The van der Waals surface area contributed by atoms with Gasteiger partial charge in [-0.3, -0.25) is 0 Å². The molecule has 0 spiro atoms. The van der Waals surface area contributed by atoms with E-state index in [1.54, 1.807) is 36.3 Å². The Hall–Kier alpha value is 1.22. The van der Waals surface area contributed by atoms with Gasteiger partial charge < -0.3 is 7.79 Å². The summed E-state index contributed by atoms with van der Waals surface area (Å²) in [6, 6.07) is 10.2. The van der Waals surface area contributed by atoms with E-state index in [2.05, 4.69) is 7.79 Å². The molecule has 0 saturated carbocycles. The van der Waals surface area contributed by atoms with E-state index in [4.69, 9.17) is 0 Å². The molecule has 0 bridgehead atoms. The summed E-state index contributed by atoms with van der Waals surface area (Å²) in [5.41, 5.74) is 0. The van der Waals surface area contributed by atoms with Crippen molar-refractivity contribution >= 4 is 58.1 Å². The Kier molecular flexibility index (Phi) is 5.62. The lowest BCUT2D eigenvalue weighted by Crippen LogP contribution is -2.31. The van der Waals surface area contributed by atoms with Crippen molar-refractivity contribution in [2.45, 2.75) is 36.3 Å². The van der Waals surface area contributed by atoms with Crippen LogP contribution in [0.5, 0.6) is 0 Å². The fourth-order valence-electron chi connectivity index (χ4n) is 2.68. The SMILES string of the molecule is C1C[SiH2]N([SiH2]CC[SiH2]N2[SiH2]CC[SiH2]2)[SiH2]1. The Morgan fingerprint density at radius 3 is 1.43 bits per heavy atom. The van der Waals surface area contributed by atoms with Crippen LogP contribution >= 0.6 is 0 Å². The van der Waals surface area contributed by atoms with Crippen LogP contribution < -0.4 is 0 Å². The second-order valence-electron chi connectivity index (χ2n) is 4.80. The molecule has 8 heteroatoms. The molecule has 0 aliphatic carbocycles. The summed E-state index contributed by atoms with van der Waals surface area (Å²) in [7, 11) is 2.24. The molecule has 0 aromatic heterocycles. The van der Waals surface area contributed by atoms with Crippen LogP contribution in [0.4, 0.5) is 0 Å². The Balaban J connectivity index is 1.46. The van der Waals surface area contributed by atoms with Crippen LogP contribution in [0.25, 0.3) is 0 Å². The molecular weight excluding hydrogens is 269 g/mol. The summed E-state index contributed by atoms with van der Waals surface area (Å²) in [6.07, 6.45) is 0. The lowest BCUT2D eigenvalue weighted by Gasteiger charge is -2.16. The van der Waals surface area contributed by atoms with Gasteiger partial charge in [0.1, 0.15) is 0 Å². The van der Waals surface area contributed by atoms with Crippen molar-refractivity contribution in [3.8, 4) is 0 Å². The maximum absolute atomic E-state index is 3.09. The Labute approximate surface area is 102 Å². The van der Waals surface area contributed by atoms with Gasteiger partial charge in [-0.25, -0.2) is 0 Å². The molecule has 2 saturated heterocycles. The molecule has 0 aromatic rings. The molecule has 0 amide bonds. The minimum Gasteiger partial charge on any atom is -0.383 e. The van der Waals surface area contributed by atoms with Crippen LogP contribution in [0.15, 0.2) is 0 Å². The molecule has 82 valence electrons. The van der Waals surface area contributed by atoms with E-state index in [0.29, 0.717) is 58.1 Å². The minimum absolute atomic E-state index is 0.346. The van der Waals surface area contributed by atoms with Crippen molar-refractivity contribution in [1.29, 1.82) is 0 Å². The third-order valence-corrected chi connectivity index (χ3v) is 26.7. The smallest absolute Gasteiger partial charge is 0.0799 e. The molecule has 2 fully saturated rings. The average Bonchev–Trinajstić information content (AvgIpc) is 2.86. The highest BCUT2D eigenvalue weighted by atomic mass is 28.4. The second kappa shape index (κ2) is 6.73. The van der Waals surface area contributed by atoms with Gasteiger partial charge >= 0.3 is 0 Å². The van der Waals surface area contributed by atoms with E-state index in [-0.39, 0.29) is 0 Å². The van der Waals surface area contributed by atoms with E-state index in [1.807, 2.05) is 0 Å². The fourth-order valence-corrected chi connectivity index (χ4v) is 24.1. The second-order valence-corrected chi connectivity index (χ2v) is 22.5. The number of nitrogens with zero attached hydrogens (tertiary/aromatic N) is 2. The Morgan fingerprint density at radius 2 is 1.07 bits per heavy atom. The maximum Gasteiger partial charge on any atom is 0.0799 e. The summed E-state index contributed by atoms with van der Waals surface area (Å²) in [5.74, 6) is 0. The molecule has 2 heterocycles. The molecule has 0 N–H and O–H groups in total. The highest BCUT2D eigenvalue weighted by Gasteiger charge is 2.14. The first kappa shape index (κ1) is 11.7. The first-order chi connectivity index (χ1) is 6.95. The molecule has 2 nitrogen and oxygen atoms in total. The minimum atomic E-state index is 0.346. The van der Waals surface area contributed by atoms with Gasteiger partial charge in [0.25, 0.3) is 0 Å². The number of hydrogen-bond acceptors (Lipinski definition) is 2. The van der Waals surface area contributed by atoms with Gasteiger partial charge in [-0.05, 0) is 0 Å². The van der Waals surface area contributed by atoms with Crippen LogP contribution in [0.1, 0.15) is 0 Å². The van der Waals surface area contributed by atoms with Gasteiger partial charge in [0, 0.05) is 0 Å². The zero-order chi connectivity index (χ0) is 9.64. The first-order valence-corrected chi connectivity index (χ1v) is 16.2. The van der Waals surface area contributed by atoms with E-state index >= 15 is 0 Å². The first-order valence-electron chi connectivity index (χ1n) is 6.40. The zero-order valence-corrected chi connectivity index (χ0v) is 17.9. The molecule has 2 rings (SSSR count).